The number of carbonyl (C=O) groups is 3. The average molecular weight is 408 g/mol. The second-order valence-corrected chi connectivity index (χ2v) is 7.50. The number of nitrogens with zero attached hydrogens (tertiary/aromatic N) is 1. The summed E-state index contributed by atoms with van der Waals surface area (Å²) in [5, 5.41) is 2.92. The van der Waals surface area contributed by atoms with E-state index < -0.39 is 29.9 Å². The number of rotatable bonds is 6. The number of carbonyl (C=O) groups excluding carboxylic acids is 3. The average Bonchev–Trinajstić information content (AvgIpc) is 3.14. The Balaban J connectivity index is 2.21. The second-order valence-electron chi connectivity index (χ2n) is 7.50. The van der Waals surface area contributed by atoms with Gasteiger partial charge in [-0.05, 0) is 17.5 Å². The van der Waals surface area contributed by atoms with Crippen LogP contribution in [-0.4, -0.2) is 42.4 Å². The van der Waals surface area contributed by atoms with Crippen molar-refractivity contribution in [3.63, 3.8) is 0 Å². The van der Waals surface area contributed by atoms with Crippen molar-refractivity contribution in [3.05, 3.63) is 71.8 Å². The summed E-state index contributed by atoms with van der Waals surface area (Å²) >= 11 is 0. The van der Waals surface area contributed by atoms with E-state index in [4.69, 9.17) is 4.74 Å². The molecular formula is C24H28N2O4. The minimum absolute atomic E-state index is 0.256. The highest BCUT2D eigenvalue weighted by atomic mass is 16.5. The van der Waals surface area contributed by atoms with Crippen LogP contribution in [0.4, 0.5) is 0 Å². The third kappa shape index (κ3) is 4.08. The fourth-order valence-corrected chi connectivity index (χ4v) is 4.44. The molecule has 30 heavy (non-hydrogen) atoms. The first-order valence-electron chi connectivity index (χ1n) is 10.3. The molecule has 3 rings (SSSR count). The lowest BCUT2D eigenvalue weighted by molar-refractivity contribution is -0.147. The van der Waals surface area contributed by atoms with E-state index >= 15 is 0 Å². The van der Waals surface area contributed by atoms with Gasteiger partial charge in [0.05, 0.1) is 19.1 Å². The summed E-state index contributed by atoms with van der Waals surface area (Å²) in [6.45, 7) is 3.91. The van der Waals surface area contributed by atoms with E-state index in [0.29, 0.717) is 6.54 Å². The molecule has 4 unspecified atom stereocenters. The topological polar surface area (TPSA) is 75.7 Å². The molecule has 0 saturated carbocycles. The predicted octanol–water partition coefficient (Wildman–Crippen LogP) is 3.06. The molecular weight excluding hydrogens is 380 g/mol. The highest BCUT2D eigenvalue weighted by Gasteiger charge is 2.57. The Morgan fingerprint density at radius 1 is 0.967 bits per heavy atom. The van der Waals surface area contributed by atoms with E-state index in [1.807, 2.05) is 67.6 Å². The normalized spacial score (nSPS) is 23.1. The quantitative estimate of drug-likeness (QED) is 0.746. The van der Waals surface area contributed by atoms with Crippen molar-refractivity contribution in [1.29, 1.82) is 0 Å². The van der Waals surface area contributed by atoms with Gasteiger partial charge in [0.25, 0.3) is 0 Å². The number of nitrogens with one attached hydrogen (secondary N) is 1. The van der Waals surface area contributed by atoms with Crippen LogP contribution in [-0.2, 0) is 19.1 Å². The van der Waals surface area contributed by atoms with Crippen molar-refractivity contribution in [2.24, 2.45) is 5.92 Å². The number of likely N-dealkylation sites (tertiary alicyclic amines) is 1. The molecule has 0 aliphatic carbocycles. The molecule has 158 valence electrons. The van der Waals surface area contributed by atoms with Gasteiger partial charge in [0, 0.05) is 19.4 Å². The maximum absolute atomic E-state index is 13.3. The van der Waals surface area contributed by atoms with Gasteiger partial charge in [-0.1, -0.05) is 67.6 Å². The van der Waals surface area contributed by atoms with E-state index in [9.17, 15) is 14.4 Å². The van der Waals surface area contributed by atoms with Crippen LogP contribution in [0.1, 0.15) is 43.4 Å². The maximum Gasteiger partial charge on any atom is 0.311 e. The molecule has 6 heteroatoms. The van der Waals surface area contributed by atoms with Crippen LogP contribution in [0, 0.1) is 5.92 Å². The number of amides is 2. The van der Waals surface area contributed by atoms with E-state index in [0.717, 1.165) is 17.5 Å². The zero-order valence-electron chi connectivity index (χ0n) is 17.6. The lowest BCUT2D eigenvalue weighted by atomic mass is 9.80. The smallest absolute Gasteiger partial charge is 0.311 e. The Bertz CT molecular complexity index is 885. The first-order valence-corrected chi connectivity index (χ1v) is 10.3. The van der Waals surface area contributed by atoms with Crippen LogP contribution < -0.4 is 5.32 Å². The first kappa shape index (κ1) is 21.6. The fourth-order valence-electron chi connectivity index (χ4n) is 4.44. The first-order chi connectivity index (χ1) is 14.5. The van der Waals surface area contributed by atoms with Gasteiger partial charge in [-0.15, -0.1) is 0 Å². The summed E-state index contributed by atoms with van der Waals surface area (Å²) in [6, 6.07) is 17.4. The van der Waals surface area contributed by atoms with Crippen LogP contribution in [0.2, 0.25) is 0 Å². The predicted molar refractivity (Wildman–Crippen MR) is 113 cm³/mol. The van der Waals surface area contributed by atoms with Crippen molar-refractivity contribution >= 4 is 17.8 Å². The van der Waals surface area contributed by atoms with E-state index in [1.54, 1.807) is 4.90 Å². The third-order valence-electron chi connectivity index (χ3n) is 5.65. The van der Waals surface area contributed by atoms with E-state index in [2.05, 4.69) is 5.32 Å². The second kappa shape index (κ2) is 9.57. The summed E-state index contributed by atoms with van der Waals surface area (Å²) in [5.41, 5.74) is 1.63. The number of ether oxygens (including phenoxy) is 1. The Morgan fingerprint density at radius 2 is 1.53 bits per heavy atom. The highest BCUT2D eigenvalue weighted by molar-refractivity contribution is 5.92. The summed E-state index contributed by atoms with van der Waals surface area (Å²) < 4.78 is 5.17. The molecule has 2 aromatic rings. The van der Waals surface area contributed by atoms with Crippen LogP contribution in [0.15, 0.2) is 60.7 Å². The number of hydrogen-bond donors (Lipinski definition) is 1. The van der Waals surface area contributed by atoms with Crippen molar-refractivity contribution < 1.29 is 19.1 Å². The van der Waals surface area contributed by atoms with Gasteiger partial charge in [-0.2, -0.15) is 0 Å². The summed E-state index contributed by atoms with van der Waals surface area (Å²) in [6.07, 6.45) is 0.775. The van der Waals surface area contributed by atoms with Gasteiger partial charge in [-0.3, -0.25) is 14.4 Å². The lowest BCUT2D eigenvalue weighted by Gasteiger charge is -2.30. The highest BCUT2D eigenvalue weighted by Crippen LogP contribution is 2.50. The van der Waals surface area contributed by atoms with Crippen LogP contribution in [0.3, 0.4) is 0 Å². The zero-order valence-corrected chi connectivity index (χ0v) is 17.6. The summed E-state index contributed by atoms with van der Waals surface area (Å²) in [7, 11) is 1.34. The minimum atomic E-state index is -0.814. The third-order valence-corrected chi connectivity index (χ3v) is 5.65. The molecule has 6 nitrogen and oxygen atoms in total. The van der Waals surface area contributed by atoms with Gasteiger partial charge in [0.15, 0.2) is 0 Å². The van der Waals surface area contributed by atoms with Crippen molar-refractivity contribution in [1.82, 2.24) is 10.2 Å². The Morgan fingerprint density at radius 3 is 2.03 bits per heavy atom. The minimum Gasteiger partial charge on any atom is -0.469 e. The molecule has 4 atom stereocenters. The lowest BCUT2D eigenvalue weighted by Crippen LogP contribution is -2.48. The number of benzene rings is 2. The number of esters is 1. The molecule has 0 aromatic heterocycles. The largest absolute Gasteiger partial charge is 0.469 e. The summed E-state index contributed by atoms with van der Waals surface area (Å²) in [4.78, 5) is 40.7. The molecule has 0 bridgehead atoms. The molecule has 0 radical (unpaired) electrons. The van der Waals surface area contributed by atoms with Gasteiger partial charge in [-0.25, -0.2) is 0 Å². The van der Waals surface area contributed by atoms with Gasteiger partial charge in [0.1, 0.15) is 6.04 Å². The molecule has 1 aliphatic rings. The maximum atomic E-state index is 13.3. The van der Waals surface area contributed by atoms with Gasteiger partial charge >= 0.3 is 5.97 Å². The molecule has 1 fully saturated rings. The van der Waals surface area contributed by atoms with Crippen molar-refractivity contribution in [2.45, 2.75) is 38.3 Å². The molecule has 2 aromatic carbocycles. The van der Waals surface area contributed by atoms with Crippen molar-refractivity contribution in [3.8, 4) is 0 Å². The molecule has 2 amide bonds. The van der Waals surface area contributed by atoms with Gasteiger partial charge < -0.3 is 15.0 Å². The number of methoxy groups -OCH3 is 1. The monoisotopic (exact) mass is 408 g/mol. The molecule has 1 saturated heterocycles. The molecule has 1 N–H and O–H groups in total. The van der Waals surface area contributed by atoms with Crippen LogP contribution in [0.25, 0.3) is 0 Å². The fraction of sp³-hybridized carbons (Fsp3) is 0.375. The number of hydrogen-bond acceptors (Lipinski definition) is 4. The molecule has 1 heterocycles. The molecule has 1 aliphatic heterocycles. The van der Waals surface area contributed by atoms with E-state index in [1.165, 1.54) is 14.0 Å². The SMILES string of the molecule is CCCNC(=O)C1C(c2ccccc2)C(C(=O)OC)C(c2ccccc2)N1C(C)=O. The van der Waals surface area contributed by atoms with E-state index in [-0.39, 0.29) is 11.8 Å². The Labute approximate surface area is 177 Å². The Kier molecular flexibility index (Phi) is 6.87. The van der Waals surface area contributed by atoms with Crippen LogP contribution >= 0.6 is 0 Å². The summed E-state index contributed by atoms with van der Waals surface area (Å²) in [5.74, 6) is -2.18. The molecule has 0 spiro atoms. The zero-order chi connectivity index (χ0) is 21.7. The van der Waals surface area contributed by atoms with Crippen LogP contribution in [0.5, 0.6) is 0 Å². The standard InChI is InChI=1S/C24H28N2O4/c1-4-15-25-23(28)22-19(17-11-7-5-8-12-17)20(24(29)30-3)21(26(22)16(2)27)18-13-9-6-10-14-18/h5-14,19-22H,4,15H2,1-3H3,(H,25,28). The van der Waals surface area contributed by atoms with Crippen molar-refractivity contribution in [2.75, 3.05) is 13.7 Å². The van der Waals surface area contributed by atoms with Gasteiger partial charge in [0.2, 0.25) is 11.8 Å². The Hall–Kier alpha value is -3.15.